The third-order valence-electron chi connectivity index (χ3n) is 9.05. The number of esters is 2. The van der Waals surface area contributed by atoms with Crippen LogP contribution in [0.4, 0.5) is 0 Å². The highest BCUT2D eigenvalue weighted by atomic mass is 31.2. The molecule has 0 aliphatic rings. The van der Waals surface area contributed by atoms with E-state index in [4.69, 9.17) is 18.5 Å². The van der Waals surface area contributed by atoms with Gasteiger partial charge >= 0.3 is 19.8 Å². The molecule has 2 atom stereocenters. The molecule has 0 aliphatic heterocycles. The van der Waals surface area contributed by atoms with Crippen molar-refractivity contribution in [2.24, 2.45) is 0 Å². The molecule has 0 rings (SSSR count). The number of rotatable bonds is 38. The van der Waals surface area contributed by atoms with E-state index in [1.165, 1.54) is 103 Å². The Balaban J connectivity index is 4.38. The van der Waals surface area contributed by atoms with Crippen LogP contribution in [0, 0.1) is 0 Å². The Bertz CT molecular complexity index is 891. The molecule has 10 heteroatoms. The number of nitrogens with zero attached hydrogens (tertiary/aromatic N) is 1. The molecule has 0 radical (unpaired) electrons. The molecular formula is C41H81NO8P+. The Hall–Kier alpha value is -1.25. The molecule has 0 aromatic carbocycles. The van der Waals surface area contributed by atoms with E-state index in [1.807, 2.05) is 21.1 Å². The summed E-state index contributed by atoms with van der Waals surface area (Å²) >= 11 is 0. The molecule has 51 heavy (non-hydrogen) atoms. The molecule has 0 fully saturated rings. The Morgan fingerprint density at radius 1 is 0.588 bits per heavy atom. The smallest absolute Gasteiger partial charge is 0.462 e. The predicted octanol–water partition coefficient (Wildman–Crippen LogP) is 11.4. The molecule has 0 amide bonds. The van der Waals surface area contributed by atoms with Gasteiger partial charge in [-0.1, -0.05) is 148 Å². The minimum Gasteiger partial charge on any atom is -0.462 e. The fraction of sp³-hybridized carbons (Fsp3) is 0.902. The zero-order valence-corrected chi connectivity index (χ0v) is 34.7. The summed E-state index contributed by atoms with van der Waals surface area (Å²) in [6.07, 6.45) is 33.9. The molecular weight excluding hydrogens is 665 g/mol. The minimum atomic E-state index is -4.37. The van der Waals surface area contributed by atoms with Gasteiger partial charge in [-0.3, -0.25) is 18.6 Å². The van der Waals surface area contributed by atoms with Gasteiger partial charge < -0.3 is 18.9 Å². The lowest BCUT2D eigenvalue weighted by atomic mass is 10.0. The number of phosphoric ester groups is 1. The lowest BCUT2D eigenvalue weighted by Crippen LogP contribution is -2.37. The third kappa shape index (κ3) is 38.3. The van der Waals surface area contributed by atoms with Crippen LogP contribution in [0.3, 0.4) is 0 Å². The minimum absolute atomic E-state index is 0.0330. The van der Waals surface area contributed by atoms with Gasteiger partial charge in [-0.2, -0.15) is 0 Å². The fourth-order valence-corrected chi connectivity index (χ4v) is 6.46. The van der Waals surface area contributed by atoms with Crippen LogP contribution in [-0.2, 0) is 32.7 Å². The molecule has 0 spiro atoms. The number of phosphoric acid groups is 1. The average molecular weight is 747 g/mol. The summed E-state index contributed by atoms with van der Waals surface area (Å²) in [6, 6.07) is 0. The molecule has 0 aromatic heterocycles. The number of hydrogen-bond donors (Lipinski definition) is 1. The van der Waals surface area contributed by atoms with Gasteiger partial charge in [0.2, 0.25) is 0 Å². The lowest BCUT2D eigenvalue weighted by molar-refractivity contribution is -0.870. The highest BCUT2D eigenvalue weighted by Gasteiger charge is 2.27. The molecule has 0 saturated carbocycles. The summed E-state index contributed by atoms with van der Waals surface area (Å²) in [5, 5.41) is 0. The maximum atomic E-state index is 12.6. The molecule has 0 aliphatic carbocycles. The molecule has 1 N–H and O–H groups in total. The lowest BCUT2D eigenvalue weighted by Gasteiger charge is -2.24. The first-order valence-corrected chi connectivity index (χ1v) is 22.4. The van der Waals surface area contributed by atoms with Gasteiger partial charge in [0, 0.05) is 12.8 Å². The number of ether oxygens (including phenoxy) is 2. The second-order valence-electron chi connectivity index (χ2n) is 15.4. The molecule has 0 saturated heterocycles. The van der Waals surface area contributed by atoms with Crippen LogP contribution in [0.5, 0.6) is 0 Å². The van der Waals surface area contributed by atoms with E-state index in [0.717, 1.165) is 51.4 Å². The van der Waals surface area contributed by atoms with Gasteiger partial charge in [-0.25, -0.2) is 4.57 Å². The number of carbonyl (C=O) groups is 2. The number of quaternary nitrogens is 1. The fourth-order valence-electron chi connectivity index (χ4n) is 5.71. The number of likely N-dealkylation sites (N-methyl/N-ethyl adjacent to an activating group) is 1. The highest BCUT2D eigenvalue weighted by molar-refractivity contribution is 7.47. The topological polar surface area (TPSA) is 108 Å². The molecule has 1 unspecified atom stereocenters. The van der Waals surface area contributed by atoms with Crippen molar-refractivity contribution >= 4 is 19.8 Å². The van der Waals surface area contributed by atoms with Gasteiger partial charge in [0.1, 0.15) is 19.8 Å². The second kappa shape index (κ2) is 34.5. The molecule has 0 heterocycles. The van der Waals surface area contributed by atoms with Gasteiger partial charge in [-0.05, 0) is 38.5 Å². The largest absolute Gasteiger partial charge is 0.472 e. The predicted molar refractivity (Wildman–Crippen MR) is 211 cm³/mol. The third-order valence-corrected chi connectivity index (χ3v) is 10.0. The van der Waals surface area contributed by atoms with Crippen molar-refractivity contribution in [1.82, 2.24) is 0 Å². The van der Waals surface area contributed by atoms with E-state index in [9.17, 15) is 19.0 Å². The normalized spacial score (nSPS) is 13.8. The first kappa shape index (κ1) is 49.8. The van der Waals surface area contributed by atoms with Crippen molar-refractivity contribution in [2.75, 3.05) is 47.5 Å². The van der Waals surface area contributed by atoms with Gasteiger partial charge in [-0.15, -0.1) is 0 Å². The summed E-state index contributed by atoms with van der Waals surface area (Å²) in [5.41, 5.74) is 0. The first-order chi connectivity index (χ1) is 24.5. The first-order valence-electron chi connectivity index (χ1n) is 20.9. The average Bonchev–Trinajstić information content (AvgIpc) is 3.07. The van der Waals surface area contributed by atoms with Crippen LogP contribution in [0.15, 0.2) is 12.2 Å². The number of carbonyl (C=O) groups excluding carboxylic acids is 2. The van der Waals surface area contributed by atoms with E-state index in [-0.39, 0.29) is 25.6 Å². The summed E-state index contributed by atoms with van der Waals surface area (Å²) in [4.78, 5) is 35.2. The van der Waals surface area contributed by atoms with Crippen molar-refractivity contribution in [3.05, 3.63) is 12.2 Å². The highest BCUT2D eigenvalue weighted by Crippen LogP contribution is 2.43. The SMILES string of the molecule is CCCCCC/C=C\CCCCCCCC(=O)O[C@H](COC(=O)CCCCCCCCCCCCCCCC)COP(=O)(O)OCC[N+](C)(C)C. The van der Waals surface area contributed by atoms with Crippen LogP contribution in [0.2, 0.25) is 0 Å². The van der Waals surface area contributed by atoms with E-state index in [1.54, 1.807) is 0 Å². The van der Waals surface area contributed by atoms with Crippen molar-refractivity contribution < 1.29 is 42.1 Å². The van der Waals surface area contributed by atoms with Crippen molar-refractivity contribution in [3.63, 3.8) is 0 Å². The van der Waals surface area contributed by atoms with Gasteiger partial charge in [0.15, 0.2) is 6.10 Å². The summed E-state index contributed by atoms with van der Waals surface area (Å²) in [6.45, 7) is 4.41. The Labute approximate surface area is 314 Å². The van der Waals surface area contributed by atoms with E-state index >= 15 is 0 Å². The standard InChI is InChI=1S/C41H80NO8P/c1-6-8-10-12-14-16-18-20-22-23-25-27-29-31-33-40(43)47-37-39(38-49-51(45,46)48-36-35-42(3,4)5)50-41(44)34-32-30-28-26-24-21-19-17-15-13-11-9-7-2/h17,19,39H,6-16,18,20-38H2,1-5H3/p+1/b19-17-/t39-/m1/s1. The summed E-state index contributed by atoms with van der Waals surface area (Å²) in [5.74, 6) is -0.802. The second-order valence-corrected chi connectivity index (χ2v) is 16.8. The van der Waals surface area contributed by atoms with Crippen molar-refractivity contribution in [1.29, 1.82) is 0 Å². The van der Waals surface area contributed by atoms with Crippen LogP contribution in [0.1, 0.15) is 187 Å². The van der Waals surface area contributed by atoms with Crippen LogP contribution in [0.25, 0.3) is 0 Å². The Kier molecular flexibility index (Phi) is 33.7. The zero-order chi connectivity index (χ0) is 37.9. The molecule has 302 valence electrons. The maximum Gasteiger partial charge on any atom is 0.472 e. The van der Waals surface area contributed by atoms with E-state index in [0.29, 0.717) is 23.9 Å². The van der Waals surface area contributed by atoms with E-state index < -0.39 is 26.5 Å². The Morgan fingerprint density at radius 2 is 1.00 bits per heavy atom. The summed E-state index contributed by atoms with van der Waals surface area (Å²) in [7, 11) is 1.48. The quantitative estimate of drug-likeness (QED) is 0.0219. The van der Waals surface area contributed by atoms with E-state index in [2.05, 4.69) is 26.0 Å². The zero-order valence-electron chi connectivity index (χ0n) is 33.9. The van der Waals surface area contributed by atoms with Crippen molar-refractivity contribution in [3.8, 4) is 0 Å². The van der Waals surface area contributed by atoms with Crippen LogP contribution in [-0.4, -0.2) is 74.9 Å². The van der Waals surface area contributed by atoms with Gasteiger partial charge in [0.05, 0.1) is 27.7 Å². The number of allylic oxidation sites excluding steroid dienone is 2. The number of unbranched alkanes of at least 4 members (excludes halogenated alkanes) is 22. The Morgan fingerprint density at radius 3 is 1.47 bits per heavy atom. The maximum absolute atomic E-state index is 12.6. The molecule has 0 aromatic rings. The van der Waals surface area contributed by atoms with Crippen LogP contribution >= 0.6 is 7.82 Å². The molecule has 0 bridgehead atoms. The van der Waals surface area contributed by atoms with Crippen molar-refractivity contribution in [2.45, 2.75) is 193 Å². The van der Waals surface area contributed by atoms with Gasteiger partial charge in [0.25, 0.3) is 0 Å². The van der Waals surface area contributed by atoms with Crippen LogP contribution < -0.4 is 0 Å². The molecule has 9 nitrogen and oxygen atoms in total. The summed E-state index contributed by atoms with van der Waals surface area (Å²) < 4.78 is 34.2. The number of hydrogen-bond acceptors (Lipinski definition) is 7. The monoisotopic (exact) mass is 747 g/mol.